The van der Waals surface area contributed by atoms with E-state index >= 15 is 0 Å². The van der Waals surface area contributed by atoms with E-state index < -0.39 is 16.2 Å². The number of benzene rings is 1. The number of rotatable bonds is 3. The van der Waals surface area contributed by atoms with E-state index in [4.69, 9.17) is 4.55 Å². The van der Waals surface area contributed by atoms with Crippen LogP contribution >= 0.6 is 0 Å². The van der Waals surface area contributed by atoms with Crippen LogP contribution in [0.3, 0.4) is 0 Å². The van der Waals surface area contributed by atoms with Crippen molar-refractivity contribution in [2.45, 2.75) is 0 Å². The van der Waals surface area contributed by atoms with Gasteiger partial charge in [0, 0.05) is 5.56 Å². The van der Waals surface area contributed by atoms with Gasteiger partial charge in [-0.2, -0.15) is 8.42 Å². The van der Waals surface area contributed by atoms with Crippen molar-refractivity contribution in [3.05, 3.63) is 42.2 Å². The highest BCUT2D eigenvalue weighted by Gasteiger charge is 2.11. The van der Waals surface area contributed by atoms with E-state index in [-0.39, 0.29) is 11.9 Å². The average Bonchev–Trinajstić information content (AvgIpc) is 2.14. The molecule has 6 heteroatoms. The van der Waals surface area contributed by atoms with Gasteiger partial charge in [-0.3, -0.25) is 4.55 Å². The molecule has 1 aromatic rings. The van der Waals surface area contributed by atoms with Crippen LogP contribution in [0, 0.1) is 0 Å². The lowest BCUT2D eigenvalue weighted by Gasteiger charge is -2.04. The third kappa shape index (κ3) is 3.15. The fraction of sp³-hybridized carbons (Fsp3) is 0. The molecule has 1 aromatic carbocycles. The van der Waals surface area contributed by atoms with Crippen molar-refractivity contribution < 1.29 is 21.5 Å². The Balaban J connectivity index is 2.97. The van der Waals surface area contributed by atoms with Gasteiger partial charge in [-0.25, -0.2) is 4.39 Å². The lowest BCUT2D eigenvalue weighted by Crippen LogP contribution is -2.02. The quantitative estimate of drug-likeness (QED) is 0.620. The lowest BCUT2D eigenvalue weighted by atomic mass is 10.2. The Morgan fingerprint density at radius 1 is 1.36 bits per heavy atom. The van der Waals surface area contributed by atoms with Gasteiger partial charge in [0.1, 0.15) is 6.33 Å². The van der Waals surface area contributed by atoms with Crippen LogP contribution < -0.4 is 0 Å². The molecule has 1 N–H and O–H groups in total. The van der Waals surface area contributed by atoms with Crippen molar-refractivity contribution in [2.75, 3.05) is 0 Å². The molecular formula is C8H7FO4S. The van der Waals surface area contributed by atoms with Gasteiger partial charge in [0.2, 0.25) is 0 Å². The molecule has 0 saturated carbocycles. The van der Waals surface area contributed by atoms with Crippen molar-refractivity contribution in [3.63, 3.8) is 0 Å². The summed E-state index contributed by atoms with van der Waals surface area (Å²) in [5.41, 5.74) is 0.215. The van der Waals surface area contributed by atoms with E-state index in [1.54, 1.807) is 18.2 Å². The maximum absolute atomic E-state index is 12.2. The second kappa shape index (κ2) is 4.21. The first-order chi connectivity index (χ1) is 6.53. The molecule has 0 aliphatic rings. The first kappa shape index (κ1) is 10.7. The van der Waals surface area contributed by atoms with Crippen LogP contribution in [0.1, 0.15) is 5.56 Å². The number of hydrogen-bond donors (Lipinski definition) is 1. The second-order valence-electron chi connectivity index (χ2n) is 2.35. The molecule has 14 heavy (non-hydrogen) atoms. The molecule has 0 fully saturated rings. The Kier molecular flexibility index (Phi) is 3.21. The monoisotopic (exact) mass is 218 g/mol. The summed E-state index contributed by atoms with van der Waals surface area (Å²) in [6, 6.07) is 7.71. The van der Waals surface area contributed by atoms with Crippen LogP contribution in [-0.2, 0) is 14.6 Å². The van der Waals surface area contributed by atoms with E-state index in [1.807, 2.05) is 0 Å². The third-order valence-corrected chi connectivity index (χ3v) is 1.74. The SMILES string of the molecule is O=S(=O)(O)OC(=CF)c1ccccc1. The van der Waals surface area contributed by atoms with E-state index in [2.05, 4.69) is 4.18 Å². The molecule has 0 heterocycles. The Morgan fingerprint density at radius 3 is 2.36 bits per heavy atom. The molecule has 0 saturated heterocycles. The highest BCUT2D eigenvalue weighted by molar-refractivity contribution is 7.81. The normalized spacial score (nSPS) is 12.6. The van der Waals surface area contributed by atoms with Crippen LogP contribution in [0.5, 0.6) is 0 Å². The minimum atomic E-state index is -4.69. The Labute approximate surface area is 80.6 Å². The highest BCUT2D eigenvalue weighted by atomic mass is 32.3. The molecule has 0 spiro atoms. The summed E-state index contributed by atoms with van der Waals surface area (Å²) in [5, 5.41) is 0. The van der Waals surface area contributed by atoms with E-state index in [0.29, 0.717) is 0 Å². The predicted molar refractivity (Wildman–Crippen MR) is 48.2 cm³/mol. The molecule has 0 aliphatic carbocycles. The first-order valence-corrected chi connectivity index (χ1v) is 4.92. The zero-order chi connectivity index (χ0) is 10.6. The molecule has 4 nitrogen and oxygen atoms in total. The van der Waals surface area contributed by atoms with Crippen molar-refractivity contribution in [2.24, 2.45) is 0 Å². The van der Waals surface area contributed by atoms with Gasteiger partial charge in [-0.15, -0.1) is 0 Å². The summed E-state index contributed by atoms with van der Waals surface area (Å²) in [6.07, 6.45) is -0.0386. The summed E-state index contributed by atoms with van der Waals surface area (Å²) in [7, 11) is -4.69. The van der Waals surface area contributed by atoms with Crippen molar-refractivity contribution >= 4 is 16.2 Å². The van der Waals surface area contributed by atoms with Gasteiger partial charge in [0.05, 0.1) is 0 Å². The summed E-state index contributed by atoms with van der Waals surface area (Å²) in [4.78, 5) is 0. The Hall–Kier alpha value is -1.40. The fourth-order valence-electron chi connectivity index (χ4n) is 0.845. The topological polar surface area (TPSA) is 63.6 Å². The number of halogens is 1. The third-order valence-electron chi connectivity index (χ3n) is 1.35. The van der Waals surface area contributed by atoms with Crippen LogP contribution in [0.2, 0.25) is 0 Å². The van der Waals surface area contributed by atoms with Gasteiger partial charge in [-0.1, -0.05) is 30.3 Å². The van der Waals surface area contributed by atoms with Crippen LogP contribution in [-0.4, -0.2) is 13.0 Å². The molecule has 0 aliphatic heterocycles. The zero-order valence-electron chi connectivity index (χ0n) is 6.92. The molecule has 0 atom stereocenters. The van der Waals surface area contributed by atoms with E-state index in [9.17, 15) is 12.8 Å². The summed E-state index contributed by atoms with van der Waals surface area (Å²) in [5.74, 6) is -0.562. The van der Waals surface area contributed by atoms with Gasteiger partial charge >= 0.3 is 10.4 Å². The zero-order valence-corrected chi connectivity index (χ0v) is 7.74. The lowest BCUT2D eigenvalue weighted by molar-refractivity contribution is 0.367. The van der Waals surface area contributed by atoms with Crippen molar-refractivity contribution in [3.8, 4) is 0 Å². The van der Waals surface area contributed by atoms with Gasteiger partial charge in [0.15, 0.2) is 5.76 Å². The minimum absolute atomic E-state index is 0.0386. The summed E-state index contributed by atoms with van der Waals surface area (Å²) >= 11 is 0. The van der Waals surface area contributed by atoms with Crippen LogP contribution in [0.25, 0.3) is 5.76 Å². The van der Waals surface area contributed by atoms with Crippen LogP contribution in [0.15, 0.2) is 36.7 Å². The van der Waals surface area contributed by atoms with Gasteiger partial charge < -0.3 is 4.18 Å². The molecular weight excluding hydrogens is 211 g/mol. The van der Waals surface area contributed by atoms with Crippen LogP contribution in [0.4, 0.5) is 4.39 Å². The molecule has 0 aromatic heterocycles. The Morgan fingerprint density at radius 2 is 1.93 bits per heavy atom. The maximum atomic E-state index is 12.2. The van der Waals surface area contributed by atoms with Gasteiger partial charge in [-0.05, 0) is 0 Å². The highest BCUT2D eigenvalue weighted by Crippen LogP contribution is 2.17. The number of hydrogen-bond acceptors (Lipinski definition) is 3. The summed E-state index contributed by atoms with van der Waals surface area (Å²) in [6.45, 7) is 0. The molecule has 0 amide bonds. The standard InChI is InChI=1S/C8H7FO4S/c9-6-8(13-14(10,11)12)7-4-2-1-3-5-7/h1-6H,(H,10,11,12). The summed E-state index contributed by atoms with van der Waals surface area (Å²) < 4.78 is 45.1. The molecule has 76 valence electrons. The second-order valence-corrected chi connectivity index (χ2v) is 3.37. The van der Waals surface area contributed by atoms with Gasteiger partial charge in [0.25, 0.3) is 0 Å². The molecule has 0 bridgehead atoms. The van der Waals surface area contributed by atoms with E-state index in [1.165, 1.54) is 12.1 Å². The van der Waals surface area contributed by atoms with Crippen molar-refractivity contribution in [1.29, 1.82) is 0 Å². The minimum Gasteiger partial charge on any atom is -0.359 e. The molecule has 0 unspecified atom stereocenters. The first-order valence-electron chi connectivity index (χ1n) is 3.55. The Bertz CT molecular complexity index is 424. The fourth-order valence-corrected chi connectivity index (χ4v) is 1.20. The van der Waals surface area contributed by atoms with Crippen molar-refractivity contribution in [1.82, 2.24) is 0 Å². The molecule has 0 radical (unpaired) electrons. The van der Waals surface area contributed by atoms with E-state index in [0.717, 1.165) is 0 Å². The molecule has 1 rings (SSSR count). The largest absolute Gasteiger partial charge is 0.446 e. The maximum Gasteiger partial charge on any atom is 0.446 e. The average molecular weight is 218 g/mol. The smallest absolute Gasteiger partial charge is 0.359 e. The predicted octanol–water partition coefficient (Wildman–Crippen LogP) is 1.77.